The maximum Gasteiger partial charge on any atom is 0.149 e. The molecule has 0 atom stereocenters. The van der Waals surface area contributed by atoms with Crippen LogP contribution in [0.1, 0.15) is 52.7 Å². The highest BCUT2D eigenvalue weighted by Crippen LogP contribution is 2.42. The zero-order chi connectivity index (χ0) is 24.7. The van der Waals surface area contributed by atoms with E-state index in [0.29, 0.717) is 11.1 Å². The number of benzene rings is 2. The van der Waals surface area contributed by atoms with Gasteiger partial charge in [0.2, 0.25) is 0 Å². The van der Waals surface area contributed by atoms with Crippen LogP contribution in [-0.4, -0.2) is 9.97 Å². The first-order valence-electron chi connectivity index (χ1n) is 11.5. The highest BCUT2D eigenvalue weighted by atomic mass is 19.1. The number of halogens is 2. The highest BCUT2D eigenvalue weighted by Gasteiger charge is 2.23. The third-order valence-corrected chi connectivity index (χ3v) is 6.09. The molecule has 0 fully saturated rings. The summed E-state index contributed by atoms with van der Waals surface area (Å²) in [4.78, 5) is 8.74. The molecule has 4 heteroatoms. The van der Waals surface area contributed by atoms with E-state index in [2.05, 4.69) is 63.6 Å². The maximum atomic E-state index is 15.0. The molecule has 2 nitrogen and oxygen atoms in total. The van der Waals surface area contributed by atoms with Crippen LogP contribution in [0.2, 0.25) is 0 Å². The van der Waals surface area contributed by atoms with Gasteiger partial charge in [-0.2, -0.15) is 0 Å². The lowest BCUT2D eigenvalue weighted by molar-refractivity contribution is 0.589. The van der Waals surface area contributed by atoms with Gasteiger partial charge in [-0.05, 0) is 69.5 Å². The van der Waals surface area contributed by atoms with E-state index in [1.807, 2.05) is 24.3 Å². The molecule has 2 aromatic heterocycles. The number of nitrogens with zero attached hydrogens (tertiary/aromatic N) is 2. The molecule has 0 aliphatic heterocycles. The van der Waals surface area contributed by atoms with Crippen LogP contribution in [0.15, 0.2) is 73.1 Å². The van der Waals surface area contributed by atoms with Crippen molar-refractivity contribution in [2.45, 2.75) is 52.4 Å². The second kappa shape index (κ2) is 8.75. The van der Waals surface area contributed by atoms with Gasteiger partial charge in [0.25, 0.3) is 0 Å². The standard InChI is InChI=1S/C30H30F2N2/c1-29(2,3)19-11-13-21(23(17-19)27-25(31)9-7-15-33-27)22-14-12-20(30(4,5)6)18-24(22)28-26(32)10-8-16-34-28/h7-18H,1-6H3. The van der Waals surface area contributed by atoms with Gasteiger partial charge in [0.1, 0.15) is 23.0 Å². The quantitative estimate of drug-likeness (QED) is 0.309. The van der Waals surface area contributed by atoms with E-state index < -0.39 is 11.6 Å². The molecule has 4 rings (SSSR count). The Bertz CT molecular complexity index is 1240. The van der Waals surface area contributed by atoms with Crippen molar-refractivity contribution in [2.24, 2.45) is 0 Å². The van der Waals surface area contributed by atoms with E-state index in [9.17, 15) is 8.78 Å². The van der Waals surface area contributed by atoms with Crippen LogP contribution in [0, 0.1) is 11.6 Å². The minimum Gasteiger partial charge on any atom is -0.253 e. The Balaban J connectivity index is 2.07. The fourth-order valence-electron chi connectivity index (χ4n) is 4.05. The lowest BCUT2D eigenvalue weighted by Crippen LogP contribution is -2.12. The second-order valence-electron chi connectivity index (χ2n) is 10.7. The molecule has 0 saturated heterocycles. The molecule has 174 valence electrons. The lowest BCUT2D eigenvalue weighted by Gasteiger charge is -2.24. The Labute approximate surface area is 200 Å². The smallest absolute Gasteiger partial charge is 0.149 e. The molecule has 0 N–H and O–H groups in total. The van der Waals surface area contributed by atoms with E-state index >= 15 is 0 Å². The van der Waals surface area contributed by atoms with Gasteiger partial charge >= 0.3 is 0 Å². The van der Waals surface area contributed by atoms with Crippen LogP contribution in [0.25, 0.3) is 33.6 Å². The molecular formula is C30H30F2N2. The summed E-state index contributed by atoms with van der Waals surface area (Å²) in [5, 5.41) is 0. The minimum absolute atomic E-state index is 0.134. The number of hydrogen-bond acceptors (Lipinski definition) is 2. The predicted molar refractivity (Wildman–Crippen MR) is 136 cm³/mol. The van der Waals surface area contributed by atoms with Crippen LogP contribution in [0.3, 0.4) is 0 Å². The topological polar surface area (TPSA) is 25.8 Å². The summed E-state index contributed by atoms with van der Waals surface area (Å²) in [7, 11) is 0. The summed E-state index contributed by atoms with van der Waals surface area (Å²) in [6, 6.07) is 18.1. The summed E-state index contributed by atoms with van der Waals surface area (Å²) in [5.74, 6) is -0.793. The monoisotopic (exact) mass is 456 g/mol. The van der Waals surface area contributed by atoms with E-state index in [-0.39, 0.29) is 22.2 Å². The number of aromatic nitrogens is 2. The Kier molecular flexibility index (Phi) is 6.11. The normalized spacial score (nSPS) is 12.1. The maximum absolute atomic E-state index is 15.0. The fraction of sp³-hybridized carbons (Fsp3) is 0.267. The summed E-state index contributed by atoms with van der Waals surface area (Å²) in [5.41, 5.74) is 5.32. The van der Waals surface area contributed by atoms with Crippen molar-refractivity contribution in [1.82, 2.24) is 9.97 Å². The molecule has 2 aromatic carbocycles. The van der Waals surface area contributed by atoms with Crippen LogP contribution in [-0.2, 0) is 10.8 Å². The Morgan fingerprint density at radius 3 is 1.24 bits per heavy atom. The molecule has 2 heterocycles. The third-order valence-electron chi connectivity index (χ3n) is 6.09. The molecule has 0 amide bonds. The largest absolute Gasteiger partial charge is 0.253 e. The number of rotatable bonds is 3. The van der Waals surface area contributed by atoms with Gasteiger partial charge in [-0.25, -0.2) is 8.78 Å². The SMILES string of the molecule is CC(C)(C)c1ccc(-c2ccc(C(C)(C)C)cc2-c2ncccc2F)c(-c2ncccc2F)c1. The van der Waals surface area contributed by atoms with Gasteiger partial charge in [-0.15, -0.1) is 0 Å². The van der Waals surface area contributed by atoms with Gasteiger partial charge < -0.3 is 0 Å². The van der Waals surface area contributed by atoms with Crippen molar-refractivity contribution in [1.29, 1.82) is 0 Å². The molecule has 0 aliphatic carbocycles. The summed E-state index contributed by atoms with van der Waals surface area (Å²) < 4.78 is 29.9. The Morgan fingerprint density at radius 2 is 0.912 bits per heavy atom. The minimum atomic E-state index is -0.397. The zero-order valence-electron chi connectivity index (χ0n) is 20.6. The van der Waals surface area contributed by atoms with Gasteiger partial charge in [0.05, 0.1) is 0 Å². The van der Waals surface area contributed by atoms with Crippen LogP contribution >= 0.6 is 0 Å². The number of pyridine rings is 2. The molecule has 0 saturated carbocycles. The molecule has 0 aliphatic rings. The first-order valence-corrected chi connectivity index (χ1v) is 11.5. The van der Waals surface area contributed by atoms with E-state index in [0.717, 1.165) is 22.3 Å². The third kappa shape index (κ3) is 4.63. The van der Waals surface area contributed by atoms with E-state index in [1.54, 1.807) is 24.5 Å². The molecular weight excluding hydrogens is 426 g/mol. The summed E-state index contributed by atoms with van der Waals surface area (Å²) in [6.45, 7) is 12.7. The molecule has 34 heavy (non-hydrogen) atoms. The molecule has 4 aromatic rings. The summed E-state index contributed by atoms with van der Waals surface area (Å²) in [6.07, 6.45) is 3.18. The zero-order valence-corrected chi connectivity index (χ0v) is 20.6. The molecule has 0 spiro atoms. The lowest BCUT2D eigenvalue weighted by atomic mass is 9.81. The highest BCUT2D eigenvalue weighted by molar-refractivity contribution is 5.91. The van der Waals surface area contributed by atoms with Gasteiger partial charge in [-0.3, -0.25) is 9.97 Å². The van der Waals surface area contributed by atoms with E-state index in [4.69, 9.17) is 0 Å². The van der Waals surface area contributed by atoms with Crippen molar-refractivity contribution >= 4 is 0 Å². The molecule has 0 radical (unpaired) electrons. The second-order valence-corrected chi connectivity index (χ2v) is 10.7. The molecule has 0 bridgehead atoms. The van der Waals surface area contributed by atoms with Gasteiger partial charge in [0, 0.05) is 23.5 Å². The van der Waals surface area contributed by atoms with Crippen molar-refractivity contribution in [2.75, 3.05) is 0 Å². The van der Waals surface area contributed by atoms with Crippen molar-refractivity contribution < 1.29 is 8.78 Å². The van der Waals surface area contributed by atoms with E-state index in [1.165, 1.54) is 12.1 Å². The van der Waals surface area contributed by atoms with Crippen LogP contribution in [0.4, 0.5) is 8.78 Å². The first kappa shape index (κ1) is 23.7. The van der Waals surface area contributed by atoms with Gasteiger partial charge in [0.15, 0.2) is 0 Å². The Morgan fingerprint density at radius 1 is 0.529 bits per heavy atom. The van der Waals surface area contributed by atoms with Crippen LogP contribution in [0.5, 0.6) is 0 Å². The van der Waals surface area contributed by atoms with Gasteiger partial charge in [-0.1, -0.05) is 65.8 Å². The molecule has 0 unspecified atom stereocenters. The number of hydrogen-bond donors (Lipinski definition) is 0. The first-order chi connectivity index (χ1) is 16.0. The average Bonchev–Trinajstić information content (AvgIpc) is 2.78. The van der Waals surface area contributed by atoms with Crippen LogP contribution < -0.4 is 0 Å². The summed E-state index contributed by atoms with van der Waals surface area (Å²) >= 11 is 0. The Hall–Kier alpha value is -3.40. The average molecular weight is 457 g/mol. The fourth-order valence-corrected chi connectivity index (χ4v) is 4.05. The van der Waals surface area contributed by atoms with Crippen molar-refractivity contribution in [3.8, 4) is 33.6 Å². The van der Waals surface area contributed by atoms with Crippen molar-refractivity contribution in [3.05, 3.63) is 95.8 Å². The van der Waals surface area contributed by atoms with Crippen molar-refractivity contribution in [3.63, 3.8) is 0 Å². The predicted octanol–water partition coefficient (Wildman–Crippen LogP) is 8.35.